The van der Waals surface area contributed by atoms with Crippen LogP contribution in [0.2, 0.25) is 0 Å². The van der Waals surface area contributed by atoms with Gasteiger partial charge in [-0.25, -0.2) is 4.39 Å². The van der Waals surface area contributed by atoms with Gasteiger partial charge >= 0.3 is 5.97 Å². The van der Waals surface area contributed by atoms with E-state index < -0.39 is 17.2 Å². The number of carboxylic acid groups (broad SMARTS) is 1. The smallest absolute Gasteiger partial charge is 0.311 e. The molecule has 1 heterocycles. The quantitative estimate of drug-likeness (QED) is 0.928. The predicted octanol–water partition coefficient (Wildman–Crippen LogP) is 2.16. The molecule has 1 amide bonds. The molecule has 1 atom stereocenters. The van der Waals surface area contributed by atoms with E-state index in [-0.39, 0.29) is 18.2 Å². The molecule has 0 bridgehead atoms. The van der Waals surface area contributed by atoms with Gasteiger partial charge in [-0.3, -0.25) is 9.59 Å². The van der Waals surface area contributed by atoms with E-state index in [1.807, 2.05) is 0 Å². The largest absolute Gasteiger partial charge is 0.494 e. The van der Waals surface area contributed by atoms with Crippen molar-refractivity contribution >= 4 is 11.9 Å². The molecule has 0 aromatic heterocycles. The van der Waals surface area contributed by atoms with Crippen molar-refractivity contribution in [3.8, 4) is 5.75 Å². The zero-order valence-electron chi connectivity index (χ0n) is 12.1. The number of carbonyl (C=O) groups is 2. The Morgan fingerprint density at radius 2 is 2.14 bits per heavy atom. The van der Waals surface area contributed by atoms with E-state index in [2.05, 4.69) is 0 Å². The van der Waals surface area contributed by atoms with E-state index in [1.165, 1.54) is 30.2 Å². The van der Waals surface area contributed by atoms with Crippen LogP contribution in [0.4, 0.5) is 4.39 Å². The number of aliphatic carboxylic acids is 1. The number of ether oxygens (including phenoxy) is 1. The number of carbonyl (C=O) groups excluding carboxylic acids is 1. The summed E-state index contributed by atoms with van der Waals surface area (Å²) in [5.41, 5.74) is -0.638. The normalized spacial score (nSPS) is 22.0. The second-order valence-electron chi connectivity index (χ2n) is 5.55. The Hall–Kier alpha value is -2.11. The highest BCUT2D eigenvalue weighted by Crippen LogP contribution is 2.31. The summed E-state index contributed by atoms with van der Waals surface area (Å²) in [5, 5.41) is 9.28. The average molecular weight is 295 g/mol. The van der Waals surface area contributed by atoms with Crippen molar-refractivity contribution in [2.45, 2.75) is 19.8 Å². The molecular weight excluding hydrogens is 277 g/mol. The molecule has 1 aliphatic rings. The number of likely N-dealkylation sites (tertiary alicyclic amines) is 1. The van der Waals surface area contributed by atoms with Crippen molar-refractivity contribution in [2.75, 3.05) is 20.2 Å². The van der Waals surface area contributed by atoms with Crippen LogP contribution in [-0.2, 0) is 4.79 Å². The maximum absolute atomic E-state index is 13.4. The number of hydrogen-bond acceptors (Lipinski definition) is 3. The average Bonchev–Trinajstić information content (AvgIpc) is 2.47. The van der Waals surface area contributed by atoms with Gasteiger partial charge in [0, 0.05) is 18.7 Å². The van der Waals surface area contributed by atoms with Crippen LogP contribution >= 0.6 is 0 Å². The van der Waals surface area contributed by atoms with Crippen LogP contribution in [-0.4, -0.2) is 42.1 Å². The molecule has 0 saturated carbocycles. The molecule has 1 saturated heterocycles. The van der Waals surface area contributed by atoms with Gasteiger partial charge < -0.3 is 14.7 Å². The fourth-order valence-corrected chi connectivity index (χ4v) is 2.56. The number of carboxylic acids is 1. The van der Waals surface area contributed by atoms with Gasteiger partial charge in [0.2, 0.25) is 0 Å². The lowest BCUT2D eigenvalue weighted by molar-refractivity contribution is -0.150. The Labute approximate surface area is 122 Å². The topological polar surface area (TPSA) is 66.8 Å². The number of amides is 1. The Morgan fingerprint density at radius 3 is 2.76 bits per heavy atom. The monoisotopic (exact) mass is 295 g/mol. The minimum absolute atomic E-state index is 0.00106. The van der Waals surface area contributed by atoms with E-state index in [0.717, 1.165) is 0 Å². The maximum Gasteiger partial charge on any atom is 0.311 e. The van der Waals surface area contributed by atoms with Crippen molar-refractivity contribution < 1.29 is 23.8 Å². The van der Waals surface area contributed by atoms with E-state index in [0.29, 0.717) is 24.9 Å². The molecule has 1 N–H and O–H groups in total. The first-order chi connectivity index (χ1) is 9.87. The summed E-state index contributed by atoms with van der Waals surface area (Å²) in [6.45, 7) is 2.29. The van der Waals surface area contributed by atoms with Gasteiger partial charge in [0.25, 0.3) is 5.91 Å². The van der Waals surface area contributed by atoms with Gasteiger partial charge in [-0.1, -0.05) is 0 Å². The van der Waals surface area contributed by atoms with Gasteiger partial charge in [-0.2, -0.15) is 0 Å². The second kappa shape index (κ2) is 5.71. The van der Waals surface area contributed by atoms with E-state index in [9.17, 15) is 19.1 Å². The number of nitrogens with zero attached hydrogens (tertiary/aromatic N) is 1. The number of methoxy groups -OCH3 is 1. The summed E-state index contributed by atoms with van der Waals surface area (Å²) in [6.07, 6.45) is 1.17. The van der Waals surface area contributed by atoms with Crippen LogP contribution < -0.4 is 4.74 Å². The third kappa shape index (κ3) is 2.99. The van der Waals surface area contributed by atoms with E-state index >= 15 is 0 Å². The highest BCUT2D eigenvalue weighted by Gasteiger charge is 2.39. The molecule has 1 fully saturated rings. The fraction of sp³-hybridized carbons (Fsp3) is 0.467. The molecule has 2 rings (SSSR count). The van der Waals surface area contributed by atoms with Crippen molar-refractivity contribution in [2.24, 2.45) is 5.41 Å². The number of hydrogen-bond donors (Lipinski definition) is 1. The van der Waals surface area contributed by atoms with Gasteiger partial charge in [-0.15, -0.1) is 0 Å². The van der Waals surface area contributed by atoms with Crippen LogP contribution in [0.25, 0.3) is 0 Å². The van der Waals surface area contributed by atoms with Gasteiger partial charge in [0.15, 0.2) is 11.6 Å². The molecular formula is C15H18FNO4. The third-order valence-electron chi connectivity index (χ3n) is 3.90. The fourth-order valence-electron chi connectivity index (χ4n) is 2.56. The molecule has 1 aromatic carbocycles. The van der Waals surface area contributed by atoms with Crippen LogP contribution in [0.5, 0.6) is 5.75 Å². The summed E-state index contributed by atoms with van der Waals surface area (Å²) in [7, 11) is 1.33. The minimum atomic E-state index is -0.933. The van der Waals surface area contributed by atoms with Crippen molar-refractivity contribution in [1.29, 1.82) is 0 Å². The lowest BCUT2D eigenvalue weighted by atomic mass is 9.82. The first-order valence-corrected chi connectivity index (χ1v) is 6.73. The molecule has 1 aromatic rings. The van der Waals surface area contributed by atoms with Gasteiger partial charge in [-0.05, 0) is 38.0 Å². The number of piperidine rings is 1. The van der Waals surface area contributed by atoms with E-state index in [4.69, 9.17) is 4.74 Å². The van der Waals surface area contributed by atoms with Crippen LogP contribution in [0.15, 0.2) is 18.2 Å². The minimum Gasteiger partial charge on any atom is -0.494 e. The molecule has 0 aliphatic carbocycles. The lowest BCUT2D eigenvalue weighted by Gasteiger charge is -2.37. The maximum atomic E-state index is 13.4. The Kier molecular flexibility index (Phi) is 4.16. The molecule has 21 heavy (non-hydrogen) atoms. The highest BCUT2D eigenvalue weighted by molar-refractivity contribution is 5.95. The Morgan fingerprint density at radius 1 is 1.43 bits per heavy atom. The first-order valence-electron chi connectivity index (χ1n) is 6.73. The predicted molar refractivity (Wildman–Crippen MR) is 73.8 cm³/mol. The lowest BCUT2D eigenvalue weighted by Crippen LogP contribution is -2.48. The number of rotatable bonds is 3. The zero-order valence-corrected chi connectivity index (χ0v) is 12.1. The standard InChI is InChI=1S/C15H18FNO4/c1-15(14(19)20)6-3-7-17(9-15)13(18)10-4-5-11(16)12(8-10)21-2/h4-5,8H,3,6-7,9H2,1-2H3,(H,19,20). The second-order valence-corrected chi connectivity index (χ2v) is 5.55. The summed E-state index contributed by atoms with van der Waals surface area (Å²) in [5.74, 6) is -1.75. The SMILES string of the molecule is COc1cc(C(=O)N2CCCC(C)(C(=O)O)C2)ccc1F. The molecule has 0 spiro atoms. The number of benzene rings is 1. The summed E-state index contributed by atoms with van der Waals surface area (Å²) in [4.78, 5) is 25.3. The summed E-state index contributed by atoms with van der Waals surface area (Å²) >= 11 is 0. The van der Waals surface area contributed by atoms with Gasteiger partial charge in [0.1, 0.15) is 0 Å². The zero-order chi connectivity index (χ0) is 15.6. The summed E-state index contributed by atoms with van der Waals surface area (Å²) < 4.78 is 18.2. The molecule has 1 aliphatic heterocycles. The molecule has 114 valence electrons. The van der Waals surface area contributed by atoms with E-state index in [1.54, 1.807) is 6.92 Å². The molecule has 6 heteroatoms. The van der Waals surface area contributed by atoms with Crippen LogP contribution in [0.1, 0.15) is 30.1 Å². The first kappa shape index (κ1) is 15.3. The third-order valence-corrected chi connectivity index (χ3v) is 3.90. The van der Waals surface area contributed by atoms with Crippen LogP contribution in [0, 0.1) is 11.2 Å². The molecule has 1 unspecified atom stereocenters. The van der Waals surface area contributed by atoms with Crippen molar-refractivity contribution in [1.82, 2.24) is 4.90 Å². The van der Waals surface area contributed by atoms with Crippen molar-refractivity contribution in [3.05, 3.63) is 29.6 Å². The van der Waals surface area contributed by atoms with Crippen LogP contribution in [0.3, 0.4) is 0 Å². The Balaban J connectivity index is 2.22. The van der Waals surface area contributed by atoms with Crippen molar-refractivity contribution in [3.63, 3.8) is 0 Å². The summed E-state index contributed by atoms with van der Waals surface area (Å²) in [6, 6.07) is 3.89. The number of halogens is 1. The molecule has 0 radical (unpaired) electrons. The highest BCUT2D eigenvalue weighted by atomic mass is 19.1. The molecule has 5 nitrogen and oxygen atoms in total. The Bertz CT molecular complexity index is 575. The van der Waals surface area contributed by atoms with Gasteiger partial charge in [0.05, 0.1) is 12.5 Å².